The van der Waals surface area contributed by atoms with Crippen LogP contribution in [0.3, 0.4) is 0 Å². The number of alkyl halides is 3. The van der Waals surface area contributed by atoms with Crippen molar-refractivity contribution in [1.29, 1.82) is 0 Å². The lowest BCUT2D eigenvalue weighted by atomic mass is 10.1. The summed E-state index contributed by atoms with van der Waals surface area (Å²) in [6.45, 7) is 3.53. The van der Waals surface area contributed by atoms with Crippen molar-refractivity contribution in [3.8, 4) is 0 Å². The van der Waals surface area contributed by atoms with Gasteiger partial charge in [-0.2, -0.15) is 13.2 Å². The van der Waals surface area contributed by atoms with Crippen molar-refractivity contribution in [2.45, 2.75) is 26.4 Å². The number of hydrogen-bond donors (Lipinski definition) is 1. The van der Waals surface area contributed by atoms with E-state index in [9.17, 15) is 18.0 Å². The van der Waals surface area contributed by atoms with E-state index in [2.05, 4.69) is 10.3 Å². The maximum absolute atomic E-state index is 13.0. The summed E-state index contributed by atoms with van der Waals surface area (Å²) in [5.74, 6) is -0.248. The van der Waals surface area contributed by atoms with Crippen LogP contribution in [-0.2, 0) is 12.6 Å². The maximum Gasteiger partial charge on any atom is 0.416 e. The molecule has 9 heteroatoms. The summed E-state index contributed by atoms with van der Waals surface area (Å²) in [6, 6.07) is 10.6. The molecule has 0 aliphatic rings. The number of nitrogens with one attached hydrogen (secondary N) is 1. The van der Waals surface area contributed by atoms with E-state index in [1.165, 1.54) is 17.4 Å². The fourth-order valence-corrected chi connectivity index (χ4v) is 4.41. The summed E-state index contributed by atoms with van der Waals surface area (Å²) < 4.78 is 44.7. The van der Waals surface area contributed by atoms with Crippen molar-refractivity contribution >= 4 is 44.9 Å². The molecule has 160 valence electrons. The van der Waals surface area contributed by atoms with Crippen LogP contribution in [0.5, 0.6) is 0 Å². The van der Waals surface area contributed by atoms with Crippen LogP contribution >= 0.6 is 22.9 Å². The first kappa shape index (κ1) is 21.4. The molecule has 2 aromatic carbocycles. The molecule has 4 rings (SSSR count). The van der Waals surface area contributed by atoms with Crippen molar-refractivity contribution in [2.24, 2.45) is 0 Å². The molecule has 4 nitrogen and oxygen atoms in total. The summed E-state index contributed by atoms with van der Waals surface area (Å²) in [6.07, 6.45) is -4.28. The van der Waals surface area contributed by atoms with Crippen LogP contribution in [-0.4, -0.2) is 10.9 Å². The molecule has 1 N–H and O–H groups in total. The number of benzene rings is 2. The fourth-order valence-electron chi connectivity index (χ4n) is 3.25. The molecule has 4 aromatic rings. The third-order valence-corrected chi connectivity index (χ3v) is 6.33. The Kier molecular flexibility index (Phi) is 5.53. The third kappa shape index (κ3) is 4.31. The van der Waals surface area contributed by atoms with Gasteiger partial charge in [-0.25, -0.2) is 4.98 Å². The van der Waals surface area contributed by atoms with Gasteiger partial charge in [-0.15, -0.1) is 11.3 Å². The van der Waals surface area contributed by atoms with Crippen LogP contribution in [0.25, 0.3) is 11.0 Å². The lowest BCUT2D eigenvalue weighted by Gasteiger charge is -2.10. The Balaban J connectivity index is 1.57. The average molecular weight is 465 g/mol. The summed E-state index contributed by atoms with van der Waals surface area (Å²) >= 11 is 7.30. The van der Waals surface area contributed by atoms with Gasteiger partial charge in [0.05, 0.1) is 11.3 Å². The molecule has 0 saturated carbocycles. The predicted octanol–water partition coefficient (Wildman–Crippen LogP) is 7.02. The minimum absolute atomic E-state index is 0.172. The van der Waals surface area contributed by atoms with Gasteiger partial charge in [-0.05, 0) is 43.7 Å². The first-order valence-corrected chi connectivity index (χ1v) is 10.4. The van der Waals surface area contributed by atoms with Gasteiger partial charge < -0.3 is 4.42 Å². The SMILES string of the molecule is Cc1nc(NC(=O)c2oc3ccccc3c2C)sc1Cc1cc(C(F)(F)F)ccc1Cl. The number of halogens is 4. The number of anilines is 1. The van der Waals surface area contributed by atoms with Gasteiger partial charge >= 0.3 is 6.18 Å². The zero-order valence-corrected chi connectivity index (χ0v) is 18.0. The van der Waals surface area contributed by atoms with Gasteiger partial charge in [-0.1, -0.05) is 29.8 Å². The molecule has 31 heavy (non-hydrogen) atoms. The van der Waals surface area contributed by atoms with E-state index in [4.69, 9.17) is 16.0 Å². The molecule has 0 radical (unpaired) electrons. The van der Waals surface area contributed by atoms with Gasteiger partial charge in [0.1, 0.15) is 5.58 Å². The van der Waals surface area contributed by atoms with Crippen molar-refractivity contribution < 1.29 is 22.4 Å². The number of rotatable bonds is 4. The van der Waals surface area contributed by atoms with Crippen LogP contribution in [0.15, 0.2) is 46.9 Å². The molecule has 0 fully saturated rings. The maximum atomic E-state index is 13.0. The first-order chi connectivity index (χ1) is 14.6. The van der Waals surface area contributed by atoms with Gasteiger partial charge in [0, 0.05) is 27.3 Å². The van der Waals surface area contributed by atoms with Crippen LogP contribution in [0.4, 0.5) is 18.3 Å². The first-order valence-electron chi connectivity index (χ1n) is 9.25. The highest BCUT2D eigenvalue weighted by molar-refractivity contribution is 7.15. The number of aryl methyl sites for hydroxylation is 2. The highest BCUT2D eigenvalue weighted by Crippen LogP contribution is 2.34. The predicted molar refractivity (Wildman–Crippen MR) is 115 cm³/mol. The number of carbonyl (C=O) groups is 1. The topological polar surface area (TPSA) is 55.1 Å². The standard InChI is InChI=1S/C22H16ClF3N2O2S/c1-11-15-5-3-4-6-17(15)30-19(11)20(29)28-21-27-12(2)18(31-21)10-13-9-14(22(24,25)26)7-8-16(13)23/h3-9H,10H2,1-2H3,(H,27,28,29). The molecule has 2 aromatic heterocycles. The highest BCUT2D eigenvalue weighted by atomic mass is 35.5. The van der Waals surface area contributed by atoms with E-state index in [1.807, 2.05) is 18.2 Å². The van der Waals surface area contributed by atoms with E-state index in [0.29, 0.717) is 26.8 Å². The number of thiazole rings is 1. The van der Waals surface area contributed by atoms with E-state index in [0.717, 1.165) is 23.1 Å². The van der Waals surface area contributed by atoms with Crippen molar-refractivity contribution in [3.05, 3.63) is 80.5 Å². The van der Waals surface area contributed by atoms with Gasteiger partial charge in [0.2, 0.25) is 0 Å². The second-order valence-corrected chi connectivity index (χ2v) is 8.51. The highest BCUT2D eigenvalue weighted by Gasteiger charge is 2.31. The van der Waals surface area contributed by atoms with Crippen LogP contribution < -0.4 is 5.32 Å². The summed E-state index contributed by atoms with van der Waals surface area (Å²) in [5.41, 5.74) is 1.52. The number of amides is 1. The Labute approximate surface area is 184 Å². The molecule has 2 heterocycles. The van der Waals surface area contributed by atoms with Crippen molar-refractivity contribution in [3.63, 3.8) is 0 Å². The van der Waals surface area contributed by atoms with Crippen LogP contribution in [0, 0.1) is 13.8 Å². The second-order valence-electron chi connectivity index (χ2n) is 7.01. The molecular formula is C22H16ClF3N2O2S. The number of nitrogens with zero attached hydrogens (tertiary/aromatic N) is 1. The molecule has 0 bridgehead atoms. The normalized spacial score (nSPS) is 11.8. The Bertz CT molecular complexity index is 1290. The minimum Gasteiger partial charge on any atom is -0.451 e. The van der Waals surface area contributed by atoms with Crippen molar-refractivity contribution in [1.82, 2.24) is 4.98 Å². The third-order valence-electron chi connectivity index (χ3n) is 4.89. The lowest BCUT2D eigenvalue weighted by Crippen LogP contribution is -2.11. The smallest absolute Gasteiger partial charge is 0.416 e. The summed E-state index contributed by atoms with van der Waals surface area (Å²) in [7, 11) is 0. The molecule has 0 atom stereocenters. The number of fused-ring (bicyclic) bond motifs is 1. The average Bonchev–Trinajstić information content (AvgIpc) is 3.22. The zero-order chi connectivity index (χ0) is 22.3. The van der Waals surface area contributed by atoms with Gasteiger partial charge in [0.15, 0.2) is 10.9 Å². The van der Waals surface area contributed by atoms with E-state index < -0.39 is 17.6 Å². The van der Waals surface area contributed by atoms with Crippen LogP contribution in [0.2, 0.25) is 5.02 Å². The number of carbonyl (C=O) groups excluding carboxylic acids is 1. The van der Waals surface area contributed by atoms with Gasteiger partial charge in [0.25, 0.3) is 5.91 Å². The monoisotopic (exact) mass is 464 g/mol. The Morgan fingerprint density at radius 1 is 1.19 bits per heavy atom. The van der Waals surface area contributed by atoms with E-state index >= 15 is 0 Å². The quantitative estimate of drug-likeness (QED) is 0.353. The lowest BCUT2D eigenvalue weighted by molar-refractivity contribution is -0.137. The van der Waals surface area contributed by atoms with E-state index in [-0.39, 0.29) is 17.2 Å². The largest absolute Gasteiger partial charge is 0.451 e. The number of para-hydroxylation sites is 1. The molecule has 0 unspecified atom stereocenters. The molecule has 1 amide bonds. The number of hydrogen-bond acceptors (Lipinski definition) is 4. The molecule has 0 aliphatic heterocycles. The molecule has 0 aliphatic carbocycles. The fraction of sp³-hybridized carbons (Fsp3) is 0.182. The Hall–Kier alpha value is -2.84. The number of furan rings is 1. The Morgan fingerprint density at radius 3 is 2.65 bits per heavy atom. The van der Waals surface area contributed by atoms with E-state index in [1.54, 1.807) is 19.9 Å². The van der Waals surface area contributed by atoms with Crippen molar-refractivity contribution in [2.75, 3.05) is 5.32 Å². The second kappa shape index (κ2) is 8.01. The molecule has 0 saturated heterocycles. The summed E-state index contributed by atoms with van der Waals surface area (Å²) in [4.78, 5) is 17.8. The number of aromatic nitrogens is 1. The minimum atomic E-state index is -4.45. The summed E-state index contributed by atoms with van der Waals surface area (Å²) in [5, 5.41) is 4.14. The zero-order valence-electron chi connectivity index (χ0n) is 16.4. The molecular weight excluding hydrogens is 449 g/mol. The van der Waals surface area contributed by atoms with Gasteiger partial charge in [-0.3, -0.25) is 10.1 Å². The van der Waals surface area contributed by atoms with Crippen LogP contribution in [0.1, 0.15) is 37.8 Å². The molecule has 0 spiro atoms. The Morgan fingerprint density at radius 2 is 1.94 bits per heavy atom.